The molecule has 0 bridgehead atoms. The summed E-state index contributed by atoms with van der Waals surface area (Å²) in [6.45, 7) is 7.86. The third-order valence-corrected chi connectivity index (χ3v) is 19.0. The first-order chi connectivity index (χ1) is 41.6. The molecule has 3 aliphatic rings. The van der Waals surface area contributed by atoms with Crippen molar-refractivity contribution in [2.45, 2.75) is 0 Å². The normalized spacial score (nSPS) is 13.6. The zero-order chi connectivity index (χ0) is 55.5. The Labute approximate surface area is 486 Å². The highest BCUT2D eigenvalue weighted by Crippen LogP contribution is 2.52. The standard InChI is InChI=1S/C79H48B2N2O/c1-3-24-47(4-2)68-54-31-12-18-37-60(54)71(61-38-19-13-32-55(61)68)80-66-45-43-49-44-46-67-78-70(49)77(66)82(75-64-41-22-10-29-52(64)50-27-8-16-35-58(50)73(75)80)79(84)83(78)76-65-42-23-11-30-53(65)51-28-9-17-36-59(51)74(76)81(67)72-62-39-20-14-33-56(62)69(48-25-6-5-7-26-48)57-34-15-21-40-63(57)72/h3-46H,1-2H2/b47-24+. The Morgan fingerprint density at radius 3 is 1.07 bits per heavy atom. The highest BCUT2D eigenvalue weighted by atomic mass is 16.2. The lowest BCUT2D eigenvalue weighted by atomic mass is 9.32. The van der Waals surface area contributed by atoms with Crippen LogP contribution >= 0.6 is 0 Å². The molecule has 0 spiro atoms. The maximum Gasteiger partial charge on any atom is 0.338 e. The van der Waals surface area contributed by atoms with Gasteiger partial charge in [0.1, 0.15) is 0 Å². The van der Waals surface area contributed by atoms with E-state index in [2.05, 4.69) is 278 Å². The average molecular weight is 1060 g/mol. The summed E-state index contributed by atoms with van der Waals surface area (Å²) in [7, 11) is 0. The number of anilines is 4. The Kier molecular flexibility index (Phi) is 9.86. The van der Waals surface area contributed by atoms with Gasteiger partial charge in [-0.15, -0.1) is 0 Å². The second kappa shape index (κ2) is 17.6. The maximum atomic E-state index is 17.6. The predicted octanol–water partition coefficient (Wildman–Crippen LogP) is 16.6. The Morgan fingerprint density at radius 2 is 0.667 bits per heavy atom. The van der Waals surface area contributed by atoms with Crippen molar-refractivity contribution in [3.8, 4) is 11.1 Å². The maximum absolute atomic E-state index is 17.6. The molecule has 2 amide bonds. The minimum Gasteiger partial charge on any atom is -0.262 e. The molecule has 0 fully saturated rings. The van der Waals surface area contributed by atoms with Gasteiger partial charge in [-0.05, 0) is 125 Å². The first kappa shape index (κ1) is 47.0. The summed E-state index contributed by atoms with van der Waals surface area (Å²) in [6.07, 6.45) is 5.89. The lowest BCUT2D eigenvalue weighted by Crippen LogP contribution is -2.64. The number of rotatable bonds is 6. The number of fused-ring (bicyclic) bond motifs is 18. The zero-order valence-corrected chi connectivity index (χ0v) is 45.8. The number of benzene rings is 15. The Bertz CT molecular complexity index is 5430. The SMILES string of the molecule is C=C/C=C(\C=C)c1c2ccccc2c(B2c3ccc4ccc5c6c4c3N(C(=O)N6c3c(c4ccccc4c4ccccc34)B5c3c4ccccc4c(-c4ccccc4)c4ccccc34)c3c2c2ccccc2c2ccccc32)c2ccccc12. The molecule has 0 radical (unpaired) electrons. The van der Waals surface area contributed by atoms with Crippen molar-refractivity contribution in [2.24, 2.45) is 0 Å². The monoisotopic (exact) mass is 1060 g/mol. The molecule has 0 aromatic heterocycles. The second-order valence-corrected chi connectivity index (χ2v) is 22.8. The average Bonchev–Trinajstić information content (AvgIpc) is 0.706. The van der Waals surface area contributed by atoms with E-state index in [1.807, 2.05) is 12.2 Å². The van der Waals surface area contributed by atoms with Crippen LogP contribution in [0.25, 0.3) is 114 Å². The molecule has 0 aliphatic carbocycles. The van der Waals surface area contributed by atoms with Gasteiger partial charge >= 0.3 is 6.03 Å². The van der Waals surface area contributed by atoms with Crippen LogP contribution in [0.2, 0.25) is 0 Å². The van der Waals surface area contributed by atoms with Crippen molar-refractivity contribution < 1.29 is 4.79 Å². The van der Waals surface area contributed by atoms with Crippen LogP contribution in [-0.4, -0.2) is 19.5 Å². The first-order valence-electron chi connectivity index (χ1n) is 29.1. The third kappa shape index (κ3) is 6.09. The lowest BCUT2D eigenvalue weighted by molar-refractivity contribution is 0.255. The van der Waals surface area contributed by atoms with Crippen molar-refractivity contribution in [3.05, 3.63) is 286 Å². The van der Waals surface area contributed by atoms with Crippen LogP contribution in [0, 0.1) is 0 Å². The summed E-state index contributed by atoms with van der Waals surface area (Å²) in [4.78, 5) is 21.9. The van der Waals surface area contributed by atoms with E-state index in [1.165, 1.54) is 43.6 Å². The van der Waals surface area contributed by atoms with Gasteiger partial charge in [-0.25, -0.2) is 4.79 Å². The fourth-order valence-electron chi connectivity index (χ4n) is 15.9. The number of urea groups is 1. The third-order valence-electron chi connectivity index (χ3n) is 19.0. The van der Waals surface area contributed by atoms with Gasteiger partial charge in [0.25, 0.3) is 0 Å². The van der Waals surface area contributed by atoms with Crippen LogP contribution in [-0.2, 0) is 0 Å². The Hall–Kier alpha value is -10.7. The fourth-order valence-corrected chi connectivity index (χ4v) is 15.9. The van der Waals surface area contributed by atoms with Crippen LogP contribution < -0.4 is 42.6 Å². The van der Waals surface area contributed by atoms with Gasteiger partial charge < -0.3 is 0 Å². The molecule has 3 heterocycles. The van der Waals surface area contributed by atoms with Crippen LogP contribution in [0.1, 0.15) is 5.56 Å². The van der Waals surface area contributed by atoms with E-state index >= 15 is 4.79 Å². The smallest absolute Gasteiger partial charge is 0.262 e. The van der Waals surface area contributed by atoms with Crippen LogP contribution in [0.5, 0.6) is 0 Å². The summed E-state index contributed by atoms with van der Waals surface area (Å²) in [5.41, 5.74) is 15.2. The van der Waals surface area contributed by atoms with Crippen molar-refractivity contribution in [1.82, 2.24) is 0 Å². The van der Waals surface area contributed by atoms with Gasteiger partial charge in [0.15, 0.2) is 0 Å². The first-order valence-corrected chi connectivity index (χ1v) is 29.1. The molecule has 0 saturated heterocycles. The number of hydrogen-bond donors (Lipinski definition) is 0. The highest BCUT2D eigenvalue weighted by Gasteiger charge is 2.51. The molecule has 0 atom stereocenters. The van der Waals surface area contributed by atoms with Gasteiger partial charge in [-0.3, -0.25) is 9.80 Å². The van der Waals surface area contributed by atoms with Gasteiger partial charge in [-0.1, -0.05) is 291 Å². The van der Waals surface area contributed by atoms with Gasteiger partial charge in [0, 0.05) is 16.2 Å². The number of allylic oxidation sites excluding steroid dienone is 4. The molecule has 386 valence electrons. The molecule has 84 heavy (non-hydrogen) atoms. The van der Waals surface area contributed by atoms with Crippen molar-refractivity contribution in [2.75, 3.05) is 9.80 Å². The molecular formula is C79H48B2N2O. The second-order valence-electron chi connectivity index (χ2n) is 22.8. The van der Waals surface area contributed by atoms with E-state index in [0.29, 0.717) is 0 Å². The van der Waals surface area contributed by atoms with Crippen LogP contribution in [0.15, 0.2) is 280 Å². The Morgan fingerprint density at radius 1 is 0.333 bits per heavy atom. The van der Waals surface area contributed by atoms with E-state index in [1.54, 1.807) is 0 Å². The van der Waals surface area contributed by atoms with E-state index in [9.17, 15) is 0 Å². The van der Waals surface area contributed by atoms with Crippen molar-refractivity contribution in [3.63, 3.8) is 0 Å². The molecule has 0 saturated carbocycles. The minimum absolute atomic E-state index is 0.0895. The molecule has 15 aromatic carbocycles. The molecule has 15 aromatic rings. The van der Waals surface area contributed by atoms with Crippen LogP contribution in [0.4, 0.5) is 27.5 Å². The largest absolute Gasteiger partial charge is 0.338 e. The van der Waals surface area contributed by atoms with E-state index in [4.69, 9.17) is 0 Å². The van der Waals surface area contributed by atoms with Gasteiger partial charge in [-0.2, -0.15) is 0 Å². The molecule has 18 rings (SSSR count). The fraction of sp³-hybridized carbons (Fsp3) is 0. The van der Waals surface area contributed by atoms with E-state index < -0.39 is 0 Å². The molecular weight excluding hydrogens is 1010 g/mol. The van der Waals surface area contributed by atoms with Crippen LogP contribution in [0.3, 0.4) is 0 Å². The molecule has 5 heteroatoms. The van der Waals surface area contributed by atoms with E-state index in [-0.39, 0.29) is 19.5 Å². The summed E-state index contributed by atoms with van der Waals surface area (Å²) >= 11 is 0. The van der Waals surface area contributed by atoms with Crippen molar-refractivity contribution >= 4 is 178 Å². The number of carbonyl (C=O) groups is 1. The summed E-state index contributed by atoms with van der Waals surface area (Å²) in [6, 6.07) is 91.4. The predicted molar refractivity (Wildman–Crippen MR) is 363 cm³/mol. The quantitative estimate of drug-likeness (QED) is 0.0704. The number of amides is 2. The topological polar surface area (TPSA) is 23.6 Å². The summed E-state index contributed by atoms with van der Waals surface area (Å²) < 4.78 is 0. The molecule has 0 N–H and O–H groups in total. The molecule has 3 nitrogen and oxygen atoms in total. The molecule has 0 unspecified atom stereocenters. The molecule has 3 aliphatic heterocycles. The van der Waals surface area contributed by atoms with Crippen molar-refractivity contribution in [1.29, 1.82) is 0 Å². The summed E-state index contributed by atoms with van der Waals surface area (Å²) in [5, 5.41) is 20.4. The summed E-state index contributed by atoms with van der Waals surface area (Å²) in [5.74, 6) is 0. The highest BCUT2D eigenvalue weighted by molar-refractivity contribution is 7.04. The van der Waals surface area contributed by atoms with Gasteiger partial charge in [0.05, 0.1) is 22.7 Å². The lowest BCUT2D eigenvalue weighted by Gasteiger charge is -2.47. The zero-order valence-electron chi connectivity index (χ0n) is 45.8. The Balaban J connectivity index is 1.05. The number of hydrogen-bond acceptors (Lipinski definition) is 1. The minimum atomic E-state index is -0.324. The van der Waals surface area contributed by atoms with Gasteiger partial charge in [0.2, 0.25) is 13.4 Å². The number of nitrogens with zero attached hydrogens (tertiary/aromatic N) is 2. The van der Waals surface area contributed by atoms with E-state index in [0.717, 1.165) is 131 Å². The number of carbonyl (C=O) groups excluding carboxylic acids is 1.